The van der Waals surface area contributed by atoms with Crippen molar-refractivity contribution in [3.8, 4) is 22.8 Å². The van der Waals surface area contributed by atoms with Crippen molar-refractivity contribution in [2.75, 3.05) is 13.7 Å². The van der Waals surface area contributed by atoms with Crippen LogP contribution in [0, 0.1) is 0 Å². The largest absolute Gasteiger partial charge is 0.497 e. The van der Waals surface area contributed by atoms with E-state index < -0.39 is 0 Å². The Bertz CT molecular complexity index is 751. The number of hydrogen-bond donors (Lipinski definition) is 0. The first-order valence-corrected chi connectivity index (χ1v) is 6.99. The normalized spacial score (nSPS) is 10.6. The highest BCUT2D eigenvalue weighted by Crippen LogP contribution is 2.30. The topological polar surface area (TPSA) is 31.4 Å². The molecule has 0 aliphatic rings. The summed E-state index contributed by atoms with van der Waals surface area (Å²) in [5.41, 5.74) is 2.89. The Morgan fingerprint density at radius 3 is 2.48 bits per heavy atom. The van der Waals surface area contributed by atoms with Gasteiger partial charge in [0.15, 0.2) is 0 Å². The molecule has 1 heterocycles. The molecule has 3 nitrogen and oxygen atoms in total. The van der Waals surface area contributed by atoms with E-state index in [1.54, 1.807) is 7.11 Å². The van der Waals surface area contributed by atoms with E-state index in [2.05, 4.69) is 0 Å². The number of nitrogens with zero attached hydrogens (tertiary/aromatic N) is 1. The summed E-state index contributed by atoms with van der Waals surface area (Å²) in [4.78, 5) is 4.72. The van der Waals surface area contributed by atoms with Crippen molar-refractivity contribution in [2.24, 2.45) is 0 Å². The lowest BCUT2D eigenvalue weighted by atomic mass is 10.1. The first-order valence-electron chi connectivity index (χ1n) is 6.99. The summed E-state index contributed by atoms with van der Waals surface area (Å²) in [6, 6.07) is 17.9. The van der Waals surface area contributed by atoms with E-state index in [4.69, 9.17) is 14.5 Å². The van der Waals surface area contributed by atoms with E-state index in [1.807, 2.05) is 61.5 Å². The maximum Gasteiger partial charge on any atom is 0.130 e. The molecule has 0 saturated carbocycles. The molecule has 0 unspecified atom stereocenters. The van der Waals surface area contributed by atoms with Crippen LogP contribution in [0.1, 0.15) is 6.92 Å². The third-order valence-electron chi connectivity index (χ3n) is 3.36. The van der Waals surface area contributed by atoms with Crippen molar-refractivity contribution >= 4 is 10.9 Å². The average Bonchev–Trinajstić information content (AvgIpc) is 2.55. The highest BCUT2D eigenvalue weighted by atomic mass is 16.5. The van der Waals surface area contributed by atoms with E-state index in [9.17, 15) is 0 Å². The molecule has 1 aromatic heterocycles. The van der Waals surface area contributed by atoms with E-state index >= 15 is 0 Å². The van der Waals surface area contributed by atoms with Gasteiger partial charge in [-0.15, -0.1) is 0 Å². The second-order valence-corrected chi connectivity index (χ2v) is 4.68. The molecule has 21 heavy (non-hydrogen) atoms. The second kappa shape index (κ2) is 5.83. The van der Waals surface area contributed by atoms with Crippen LogP contribution in [-0.2, 0) is 0 Å². The summed E-state index contributed by atoms with van der Waals surface area (Å²) in [7, 11) is 1.66. The predicted octanol–water partition coefficient (Wildman–Crippen LogP) is 4.31. The van der Waals surface area contributed by atoms with Gasteiger partial charge in [-0.2, -0.15) is 0 Å². The number of methoxy groups -OCH3 is 1. The summed E-state index contributed by atoms with van der Waals surface area (Å²) in [6.07, 6.45) is 0. The molecule has 0 bridgehead atoms. The van der Waals surface area contributed by atoms with Crippen molar-refractivity contribution in [2.45, 2.75) is 6.92 Å². The third-order valence-corrected chi connectivity index (χ3v) is 3.36. The van der Waals surface area contributed by atoms with Gasteiger partial charge in [-0.05, 0) is 43.3 Å². The van der Waals surface area contributed by atoms with Gasteiger partial charge >= 0.3 is 0 Å². The van der Waals surface area contributed by atoms with E-state index in [-0.39, 0.29) is 0 Å². The Kier molecular flexibility index (Phi) is 3.73. The Labute approximate surface area is 124 Å². The molecule has 0 fully saturated rings. The van der Waals surface area contributed by atoms with Gasteiger partial charge < -0.3 is 9.47 Å². The van der Waals surface area contributed by atoms with Crippen LogP contribution in [-0.4, -0.2) is 18.7 Å². The standard InChI is InChI=1S/C18H17NO2/c1-3-21-18-12-17(13-8-10-14(20-2)11-9-13)19-16-7-5-4-6-15(16)18/h4-12H,3H2,1-2H3. The molecule has 0 amide bonds. The number of fused-ring (bicyclic) bond motifs is 1. The Morgan fingerprint density at radius 2 is 1.76 bits per heavy atom. The Morgan fingerprint density at radius 1 is 1.00 bits per heavy atom. The lowest BCUT2D eigenvalue weighted by Gasteiger charge is -2.10. The van der Waals surface area contributed by atoms with Gasteiger partial charge in [0.05, 0.1) is 24.9 Å². The van der Waals surface area contributed by atoms with Crippen LogP contribution in [0.5, 0.6) is 11.5 Å². The number of benzene rings is 2. The maximum absolute atomic E-state index is 5.76. The Balaban J connectivity index is 2.13. The molecule has 0 radical (unpaired) electrons. The molecule has 2 aromatic carbocycles. The highest BCUT2D eigenvalue weighted by Gasteiger charge is 2.08. The number of para-hydroxylation sites is 1. The number of pyridine rings is 1. The number of aromatic nitrogens is 1. The lowest BCUT2D eigenvalue weighted by molar-refractivity contribution is 0.344. The minimum absolute atomic E-state index is 0.635. The van der Waals surface area contributed by atoms with E-state index in [0.29, 0.717) is 6.61 Å². The van der Waals surface area contributed by atoms with Crippen LogP contribution in [0.25, 0.3) is 22.2 Å². The first-order chi connectivity index (χ1) is 10.3. The predicted molar refractivity (Wildman–Crippen MR) is 84.9 cm³/mol. The number of rotatable bonds is 4. The molecule has 106 valence electrons. The molecule has 0 aliphatic carbocycles. The van der Waals surface area contributed by atoms with Crippen LogP contribution in [0.4, 0.5) is 0 Å². The maximum atomic E-state index is 5.76. The molecular weight excluding hydrogens is 262 g/mol. The van der Waals surface area contributed by atoms with Crippen molar-refractivity contribution in [3.05, 3.63) is 54.6 Å². The van der Waals surface area contributed by atoms with Gasteiger partial charge in [-0.1, -0.05) is 12.1 Å². The fraction of sp³-hybridized carbons (Fsp3) is 0.167. The second-order valence-electron chi connectivity index (χ2n) is 4.68. The summed E-state index contributed by atoms with van der Waals surface area (Å²) in [5.74, 6) is 1.71. The molecule has 0 N–H and O–H groups in total. The third kappa shape index (κ3) is 2.68. The molecule has 0 saturated heterocycles. The molecule has 3 aromatic rings. The zero-order valence-electron chi connectivity index (χ0n) is 12.2. The fourth-order valence-corrected chi connectivity index (χ4v) is 2.33. The van der Waals surface area contributed by atoms with Crippen LogP contribution in [0.3, 0.4) is 0 Å². The monoisotopic (exact) mass is 279 g/mol. The van der Waals surface area contributed by atoms with Crippen molar-refractivity contribution in [3.63, 3.8) is 0 Å². The van der Waals surface area contributed by atoms with Gasteiger partial charge in [0, 0.05) is 17.0 Å². The molecule has 3 rings (SSSR count). The Hall–Kier alpha value is -2.55. The van der Waals surface area contributed by atoms with Gasteiger partial charge in [0.2, 0.25) is 0 Å². The highest BCUT2D eigenvalue weighted by molar-refractivity contribution is 5.87. The number of ether oxygens (including phenoxy) is 2. The van der Waals surface area contributed by atoms with Crippen LogP contribution < -0.4 is 9.47 Å². The minimum Gasteiger partial charge on any atom is -0.497 e. The zero-order valence-corrected chi connectivity index (χ0v) is 12.2. The summed E-state index contributed by atoms with van der Waals surface area (Å²) < 4.78 is 11.0. The molecule has 0 spiro atoms. The summed E-state index contributed by atoms with van der Waals surface area (Å²) in [6.45, 7) is 2.62. The molecule has 0 aliphatic heterocycles. The van der Waals surface area contributed by atoms with Crippen LogP contribution >= 0.6 is 0 Å². The van der Waals surface area contributed by atoms with Crippen molar-refractivity contribution in [1.29, 1.82) is 0 Å². The zero-order chi connectivity index (χ0) is 14.7. The van der Waals surface area contributed by atoms with Gasteiger partial charge in [0.25, 0.3) is 0 Å². The lowest BCUT2D eigenvalue weighted by Crippen LogP contribution is -1.95. The average molecular weight is 279 g/mol. The quantitative estimate of drug-likeness (QED) is 0.713. The van der Waals surface area contributed by atoms with Crippen LogP contribution in [0.15, 0.2) is 54.6 Å². The summed E-state index contributed by atoms with van der Waals surface area (Å²) in [5, 5.41) is 1.04. The van der Waals surface area contributed by atoms with Crippen LogP contribution in [0.2, 0.25) is 0 Å². The first kappa shape index (κ1) is 13.4. The number of hydrogen-bond acceptors (Lipinski definition) is 3. The van der Waals surface area contributed by atoms with Gasteiger partial charge in [-0.3, -0.25) is 0 Å². The van der Waals surface area contributed by atoms with Gasteiger partial charge in [-0.25, -0.2) is 4.98 Å². The molecule has 0 atom stereocenters. The molecular formula is C18H17NO2. The fourth-order valence-electron chi connectivity index (χ4n) is 2.33. The van der Waals surface area contributed by atoms with Crippen molar-refractivity contribution < 1.29 is 9.47 Å². The van der Waals surface area contributed by atoms with E-state index in [1.165, 1.54) is 0 Å². The smallest absolute Gasteiger partial charge is 0.130 e. The van der Waals surface area contributed by atoms with Gasteiger partial charge in [0.1, 0.15) is 11.5 Å². The van der Waals surface area contributed by atoms with Crippen molar-refractivity contribution in [1.82, 2.24) is 4.98 Å². The SMILES string of the molecule is CCOc1cc(-c2ccc(OC)cc2)nc2ccccc12. The summed E-state index contributed by atoms with van der Waals surface area (Å²) >= 11 is 0. The van der Waals surface area contributed by atoms with E-state index in [0.717, 1.165) is 33.7 Å². The minimum atomic E-state index is 0.635. The molecule has 3 heteroatoms.